The van der Waals surface area contributed by atoms with Crippen molar-refractivity contribution >= 4 is 11.4 Å². The number of hydrogen-bond donors (Lipinski definition) is 0. The number of aryl methyl sites for hydroxylation is 3. The molecule has 0 fully saturated rings. The van der Waals surface area contributed by atoms with E-state index in [4.69, 9.17) is 4.99 Å². The van der Waals surface area contributed by atoms with Gasteiger partial charge < -0.3 is 4.90 Å². The van der Waals surface area contributed by atoms with Crippen molar-refractivity contribution in [3.8, 4) is 0 Å². The van der Waals surface area contributed by atoms with E-state index in [0.29, 0.717) is 0 Å². The van der Waals surface area contributed by atoms with Gasteiger partial charge in [0, 0.05) is 31.4 Å². The second-order valence-electron chi connectivity index (χ2n) is 7.38. The molecule has 2 aromatic rings. The Bertz CT molecular complexity index is 891. The molecular formula is C24H28N2. The number of benzene rings is 2. The molecule has 0 heterocycles. The highest BCUT2D eigenvalue weighted by molar-refractivity contribution is 6.02. The monoisotopic (exact) mass is 344 g/mol. The highest BCUT2D eigenvalue weighted by Gasteiger charge is 2.22. The van der Waals surface area contributed by atoms with E-state index < -0.39 is 0 Å². The van der Waals surface area contributed by atoms with Crippen LogP contribution in [0.15, 0.2) is 65.3 Å². The van der Waals surface area contributed by atoms with Crippen LogP contribution in [0, 0.1) is 20.8 Å². The molecule has 134 valence electrons. The number of allylic oxidation sites excluding steroid dienone is 3. The van der Waals surface area contributed by atoms with Gasteiger partial charge in [0.2, 0.25) is 0 Å². The van der Waals surface area contributed by atoms with E-state index in [1.54, 1.807) is 0 Å². The van der Waals surface area contributed by atoms with Crippen LogP contribution >= 0.6 is 0 Å². The Morgan fingerprint density at radius 1 is 1.00 bits per heavy atom. The van der Waals surface area contributed by atoms with Gasteiger partial charge in [0.05, 0.1) is 5.69 Å². The molecular weight excluding hydrogens is 316 g/mol. The summed E-state index contributed by atoms with van der Waals surface area (Å²) < 4.78 is 0. The molecule has 1 aliphatic rings. The van der Waals surface area contributed by atoms with Gasteiger partial charge in [0.25, 0.3) is 0 Å². The molecule has 3 rings (SSSR count). The normalized spacial score (nSPS) is 16.8. The van der Waals surface area contributed by atoms with Gasteiger partial charge in [0.1, 0.15) is 0 Å². The standard InChI is InChI=1S/C24H28N2/c1-16-14-17(2)24(18(3)15-16)25-19(4)20-10-7-8-11-21(20)22-12-9-13-23(22)26(5)6/h7-15,22H,1-6H3. The molecule has 0 aromatic heterocycles. The van der Waals surface area contributed by atoms with Gasteiger partial charge in [-0.05, 0) is 56.0 Å². The molecule has 0 N–H and O–H groups in total. The minimum absolute atomic E-state index is 0.284. The second-order valence-corrected chi connectivity index (χ2v) is 7.38. The quantitative estimate of drug-likeness (QED) is 0.635. The lowest BCUT2D eigenvalue weighted by Crippen LogP contribution is -2.17. The van der Waals surface area contributed by atoms with Crippen LogP contribution in [-0.2, 0) is 0 Å². The van der Waals surface area contributed by atoms with Crippen LogP contribution in [-0.4, -0.2) is 24.7 Å². The van der Waals surface area contributed by atoms with Gasteiger partial charge in [-0.25, -0.2) is 0 Å². The highest BCUT2D eigenvalue weighted by atomic mass is 15.1. The highest BCUT2D eigenvalue weighted by Crippen LogP contribution is 2.34. The van der Waals surface area contributed by atoms with Crippen molar-refractivity contribution in [1.29, 1.82) is 0 Å². The maximum Gasteiger partial charge on any atom is 0.0691 e. The van der Waals surface area contributed by atoms with Crippen LogP contribution in [0.3, 0.4) is 0 Å². The van der Waals surface area contributed by atoms with E-state index in [2.05, 4.69) is 101 Å². The fraction of sp³-hybridized carbons (Fsp3) is 0.292. The number of aliphatic imine (C=N–C) groups is 1. The van der Waals surface area contributed by atoms with Crippen molar-refractivity contribution < 1.29 is 0 Å². The Hall–Kier alpha value is -2.61. The van der Waals surface area contributed by atoms with Crippen LogP contribution < -0.4 is 0 Å². The first-order chi connectivity index (χ1) is 12.4. The molecule has 0 saturated carbocycles. The fourth-order valence-electron chi connectivity index (χ4n) is 3.83. The van der Waals surface area contributed by atoms with Crippen molar-refractivity contribution in [1.82, 2.24) is 4.90 Å². The van der Waals surface area contributed by atoms with E-state index in [1.807, 2.05) is 0 Å². The summed E-state index contributed by atoms with van der Waals surface area (Å²) in [6, 6.07) is 13.0. The summed E-state index contributed by atoms with van der Waals surface area (Å²) in [4.78, 5) is 7.23. The van der Waals surface area contributed by atoms with Crippen molar-refractivity contribution in [2.45, 2.75) is 33.6 Å². The first-order valence-electron chi connectivity index (χ1n) is 9.16. The van der Waals surface area contributed by atoms with Gasteiger partial charge in [-0.1, -0.05) is 54.1 Å². The zero-order valence-electron chi connectivity index (χ0n) is 16.7. The summed E-state index contributed by atoms with van der Waals surface area (Å²) >= 11 is 0. The fourth-order valence-corrected chi connectivity index (χ4v) is 3.83. The van der Waals surface area contributed by atoms with Crippen molar-refractivity contribution in [2.24, 2.45) is 4.99 Å². The smallest absolute Gasteiger partial charge is 0.0691 e. The summed E-state index contributed by atoms with van der Waals surface area (Å²) in [6.07, 6.45) is 6.61. The summed E-state index contributed by atoms with van der Waals surface area (Å²) in [5, 5.41) is 0. The van der Waals surface area contributed by atoms with Gasteiger partial charge in [0.15, 0.2) is 0 Å². The van der Waals surface area contributed by atoms with E-state index in [0.717, 1.165) is 11.4 Å². The number of nitrogens with zero attached hydrogens (tertiary/aromatic N) is 2. The Kier molecular flexibility index (Phi) is 5.13. The average molecular weight is 345 g/mol. The lowest BCUT2D eigenvalue weighted by Gasteiger charge is -2.24. The van der Waals surface area contributed by atoms with Crippen LogP contribution in [0.2, 0.25) is 0 Å². The molecule has 0 amide bonds. The molecule has 26 heavy (non-hydrogen) atoms. The Labute approximate surface area is 157 Å². The van der Waals surface area contributed by atoms with Crippen LogP contribution in [0.5, 0.6) is 0 Å². The molecule has 0 radical (unpaired) electrons. The summed E-state index contributed by atoms with van der Waals surface area (Å²) in [7, 11) is 4.21. The summed E-state index contributed by atoms with van der Waals surface area (Å²) in [5.41, 5.74) is 9.74. The molecule has 0 bridgehead atoms. The SMILES string of the molecule is CC(=Nc1c(C)cc(C)cc1C)c1ccccc1C1C=CC=C1N(C)C. The maximum atomic E-state index is 5.03. The lowest BCUT2D eigenvalue weighted by molar-refractivity contribution is 0.487. The number of hydrogen-bond acceptors (Lipinski definition) is 2. The molecule has 0 saturated heterocycles. The Balaban J connectivity index is 2.06. The third kappa shape index (κ3) is 3.50. The first kappa shape index (κ1) is 18.2. The van der Waals surface area contributed by atoms with Gasteiger partial charge >= 0.3 is 0 Å². The molecule has 0 spiro atoms. The first-order valence-corrected chi connectivity index (χ1v) is 9.16. The topological polar surface area (TPSA) is 15.6 Å². The molecule has 1 unspecified atom stereocenters. The molecule has 2 heteroatoms. The van der Waals surface area contributed by atoms with Crippen LogP contribution in [0.25, 0.3) is 0 Å². The molecule has 0 aliphatic heterocycles. The second kappa shape index (κ2) is 7.33. The van der Waals surface area contributed by atoms with E-state index in [1.165, 1.54) is 33.5 Å². The Morgan fingerprint density at radius 2 is 1.65 bits per heavy atom. The third-order valence-electron chi connectivity index (χ3n) is 5.01. The summed E-state index contributed by atoms with van der Waals surface area (Å²) in [6.45, 7) is 8.54. The lowest BCUT2D eigenvalue weighted by atomic mass is 9.91. The van der Waals surface area contributed by atoms with Gasteiger partial charge in [-0.2, -0.15) is 0 Å². The average Bonchev–Trinajstić information content (AvgIpc) is 3.07. The summed E-state index contributed by atoms with van der Waals surface area (Å²) in [5.74, 6) is 0.284. The minimum Gasteiger partial charge on any atom is -0.380 e. The molecule has 1 aliphatic carbocycles. The zero-order valence-corrected chi connectivity index (χ0v) is 16.7. The molecule has 2 nitrogen and oxygen atoms in total. The zero-order chi connectivity index (χ0) is 18.8. The van der Waals surface area contributed by atoms with Crippen molar-refractivity contribution in [2.75, 3.05) is 14.1 Å². The van der Waals surface area contributed by atoms with Crippen LogP contribution in [0.1, 0.15) is 40.7 Å². The van der Waals surface area contributed by atoms with Crippen molar-refractivity contribution in [3.63, 3.8) is 0 Å². The predicted molar refractivity (Wildman–Crippen MR) is 113 cm³/mol. The number of likely N-dealkylation sites (N-methyl/N-ethyl adjacent to an activating group) is 1. The minimum atomic E-state index is 0.284. The van der Waals surface area contributed by atoms with Crippen molar-refractivity contribution in [3.05, 3.63) is 88.1 Å². The van der Waals surface area contributed by atoms with E-state index in [9.17, 15) is 0 Å². The third-order valence-corrected chi connectivity index (χ3v) is 5.01. The van der Waals surface area contributed by atoms with E-state index in [-0.39, 0.29) is 5.92 Å². The molecule has 1 atom stereocenters. The van der Waals surface area contributed by atoms with Gasteiger partial charge in [-0.15, -0.1) is 0 Å². The number of rotatable bonds is 4. The molecule has 2 aromatic carbocycles. The van der Waals surface area contributed by atoms with Gasteiger partial charge in [-0.3, -0.25) is 4.99 Å². The van der Waals surface area contributed by atoms with E-state index >= 15 is 0 Å². The predicted octanol–water partition coefficient (Wildman–Crippen LogP) is 5.85. The largest absolute Gasteiger partial charge is 0.380 e. The van der Waals surface area contributed by atoms with Crippen LogP contribution in [0.4, 0.5) is 5.69 Å². The maximum absolute atomic E-state index is 5.03. The Morgan fingerprint density at radius 3 is 2.31 bits per heavy atom.